The number of carboxylic acids is 1. The van der Waals surface area contributed by atoms with Gasteiger partial charge in [0.1, 0.15) is 6.04 Å². The number of carboxylic acid groups (broad SMARTS) is 1. The second kappa shape index (κ2) is 8.35. The summed E-state index contributed by atoms with van der Waals surface area (Å²) in [6.07, 6.45) is 2.15. The van der Waals surface area contributed by atoms with Gasteiger partial charge in [-0.05, 0) is 37.3 Å². The number of hydroxylamine groups is 1. The van der Waals surface area contributed by atoms with Gasteiger partial charge in [-0.25, -0.2) is 0 Å². The molecule has 0 aliphatic rings. The number of allylic oxidation sites excluding steroid dienone is 1. The summed E-state index contributed by atoms with van der Waals surface area (Å²) in [7, 11) is 0. The topological polar surface area (TPSA) is 84.6 Å². The van der Waals surface area contributed by atoms with Crippen molar-refractivity contribution < 1.29 is 14.7 Å². The van der Waals surface area contributed by atoms with Crippen molar-refractivity contribution in [2.45, 2.75) is 32.2 Å². The van der Waals surface area contributed by atoms with E-state index in [1.165, 1.54) is 5.56 Å². The molecule has 20 heavy (non-hydrogen) atoms. The Hall–Kier alpha value is -1.85. The fourth-order valence-electron chi connectivity index (χ4n) is 1.71. The molecule has 0 bridgehead atoms. The molecule has 1 atom stereocenters. The Kier molecular flexibility index (Phi) is 6.76. The van der Waals surface area contributed by atoms with Crippen molar-refractivity contribution in [1.29, 1.82) is 0 Å². The van der Waals surface area contributed by atoms with E-state index in [-0.39, 0.29) is 0 Å². The van der Waals surface area contributed by atoms with Crippen LogP contribution < -0.4 is 11.2 Å². The van der Waals surface area contributed by atoms with Crippen molar-refractivity contribution in [2.24, 2.45) is 5.73 Å². The first-order valence-electron chi connectivity index (χ1n) is 6.58. The molecule has 0 aliphatic carbocycles. The third kappa shape index (κ3) is 6.36. The highest BCUT2D eigenvalue weighted by molar-refractivity contribution is 5.73. The normalized spacial score (nSPS) is 11.9. The van der Waals surface area contributed by atoms with Crippen LogP contribution in [0.25, 0.3) is 0 Å². The second-order valence-electron chi connectivity index (χ2n) is 4.80. The van der Waals surface area contributed by atoms with E-state index in [9.17, 15) is 4.79 Å². The van der Waals surface area contributed by atoms with Crippen molar-refractivity contribution in [3.05, 3.63) is 47.7 Å². The zero-order valence-corrected chi connectivity index (χ0v) is 11.8. The lowest BCUT2D eigenvalue weighted by Crippen LogP contribution is -2.32. The van der Waals surface area contributed by atoms with E-state index in [0.717, 1.165) is 24.1 Å². The number of nitrogens with one attached hydrogen (secondary N) is 1. The molecule has 110 valence electrons. The maximum absolute atomic E-state index is 10.7. The number of aliphatic carboxylic acids is 1. The lowest BCUT2D eigenvalue weighted by atomic mass is 10.0. The van der Waals surface area contributed by atoms with Gasteiger partial charge in [-0.15, -0.1) is 0 Å². The zero-order chi connectivity index (χ0) is 15.0. The Morgan fingerprint density at radius 3 is 2.55 bits per heavy atom. The summed E-state index contributed by atoms with van der Waals surface area (Å²) in [6, 6.07) is 6.99. The lowest BCUT2D eigenvalue weighted by Gasteiger charge is -2.08. The van der Waals surface area contributed by atoms with E-state index < -0.39 is 12.0 Å². The Balaban J connectivity index is 2.31. The van der Waals surface area contributed by atoms with Crippen LogP contribution in [0.5, 0.6) is 0 Å². The van der Waals surface area contributed by atoms with E-state index in [4.69, 9.17) is 15.7 Å². The van der Waals surface area contributed by atoms with E-state index >= 15 is 0 Å². The highest BCUT2D eigenvalue weighted by Crippen LogP contribution is 2.08. The average molecular weight is 278 g/mol. The predicted molar refractivity (Wildman–Crippen MR) is 78.0 cm³/mol. The van der Waals surface area contributed by atoms with Gasteiger partial charge in [0, 0.05) is 5.70 Å². The molecule has 0 saturated heterocycles. The number of hydrogen-bond donors (Lipinski definition) is 3. The maximum Gasteiger partial charge on any atom is 0.320 e. The molecule has 0 radical (unpaired) electrons. The third-order valence-electron chi connectivity index (χ3n) is 2.75. The number of hydrogen-bond acceptors (Lipinski definition) is 4. The summed E-state index contributed by atoms with van der Waals surface area (Å²) < 4.78 is 0. The Morgan fingerprint density at radius 1 is 1.40 bits per heavy atom. The largest absolute Gasteiger partial charge is 0.480 e. The second-order valence-corrected chi connectivity index (χ2v) is 4.80. The zero-order valence-electron chi connectivity index (χ0n) is 11.8. The van der Waals surface area contributed by atoms with E-state index in [0.29, 0.717) is 13.0 Å². The molecular weight excluding hydrogens is 256 g/mol. The van der Waals surface area contributed by atoms with E-state index in [1.54, 1.807) is 0 Å². The minimum Gasteiger partial charge on any atom is -0.480 e. The average Bonchev–Trinajstić information content (AvgIpc) is 2.39. The van der Waals surface area contributed by atoms with Gasteiger partial charge < -0.3 is 10.8 Å². The highest BCUT2D eigenvalue weighted by atomic mass is 16.6. The van der Waals surface area contributed by atoms with Crippen LogP contribution >= 0.6 is 0 Å². The molecule has 0 spiro atoms. The van der Waals surface area contributed by atoms with Crippen LogP contribution in [0.15, 0.2) is 36.5 Å². The molecule has 1 aromatic carbocycles. The van der Waals surface area contributed by atoms with E-state index in [2.05, 4.69) is 12.1 Å². The molecule has 0 saturated carbocycles. The minimum absolute atomic E-state index is 0.348. The standard InChI is InChI=1S/C15H22N2O3/c1-11(2)17-20-9-3-4-12-5-7-13(8-6-12)10-14(16)15(18)19/h5-8,14,17H,1,3-4,9-10,16H2,2H3,(H,18,19). The van der Waals surface area contributed by atoms with Crippen molar-refractivity contribution in [1.82, 2.24) is 5.48 Å². The van der Waals surface area contributed by atoms with Crippen LogP contribution in [0.4, 0.5) is 0 Å². The van der Waals surface area contributed by atoms with Crippen molar-refractivity contribution in [2.75, 3.05) is 6.61 Å². The van der Waals surface area contributed by atoms with Crippen molar-refractivity contribution in [3.63, 3.8) is 0 Å². The van der Waals surface area contributed by atoms with Gasteiger partial charge in [0.2, 0.25) is 0 Å². The first kappa shape index (κ1) is 16.2. The van der Waals surface area contributed by atoms with Gasteiger partial charge in [-0.3, -0.25) is 15.1 Å². The molecule has 5 heteroatoms. The highest BCUT2D eigenvalue weighted by Gasteiger charge is 2.11. The van der Waals surface area contributed by atoms with Crippen molar-refractivity contribution in [3.8, 4) is 0 Å². The van der Waals surface area contributed by atoms with Gasteiger partial charge >= 0.3 is 5.97 Å². The molecule has 0 heterocycles. The lowest BCUT2D eigenvalue weighted by molar-refractivity contribution is -0.138. The number of rotatable bonds is 9. The van der Waals surface area contributed by atoms with E-state index in [1.807, 2.05) is 31.2 Å². The monoisotopic (exact) mass is 278 g/mol. The molecule has 1 rings (SSSR count). The van der Waals surface area contributed by atoms with Crippen molar-refractivity contribution >= 4 is 5.97 Å². The van der Waals surface area contributed by atoms with Gasteiger partial charge in [0.25, 0.3) is 0 Å². The number of aryl methyl sites for hydroxylation is 1. The summed E-state index contributed by atoms with van der Waals surface area (Å²) in [4.78, 5) is 15.9. The van der Waals surface area contributed by atoms with Crippen LogP contribution in [0.1, 0.15) is 24.5 Å². The van der Waals surface area contributed by atoms with Crippen LogP contribution in [0, 0.1) is 0 Å². The van der Waals surface area contributed by atoms with Crippen LogP contribution in [0.2, 0.25) is 0 Å². The molecule has 0 aliphatic heterocycles. The third-order valence-corrected chi connectivity index (χ3v) is 2.75. The summed E-state index contributed by atoms with van der Waals surface area (Å²) in [5, 5.41) is 8.75. The first-order valence-corrected chi connectivity index (χ1v) is 6.58. The quantitative estimate of drug-likeness (QED) is 0.472. The molecular formula is C15H22N2O3. The summed E-state index contributed by atoms with van der Waals surface area (Å²) in [5.74, 6) is -0.976. The smallest absolute Gasteiger partial charge is 0.320 e. The number of nitrogens with two attached hydrogens (primary N) is 1. The fourth-order valence-corrected chi connectivity index (χ4v) is 1.71. The Morgan fingerprint density at radius 2 is 2.00 bits per heavy atom. The van der Waals surface area contributed by atoms with Gasteiger partial charge in [0.05, 0.1) is 6.61 Å². The Bertz CT molecular complexity index is 443. The van der Waals surface area contributed by atoms with Gasteiger partial charge in [-0.2, -0.15) is 0 Å². The first-order chi connectivity index (χ1) is 9.49. The summed E-state index contributed by atoms with van der Waals surface area (Å²) in [6.45, 7) is 6.11. The molecule has 0 fully saturated rings. The number of benzene rings is 1. The van der Waals surface area contributed by atoms with Gasteiger partial charge in [-0.1, -0.05) is 30.8 Å². The summed E-state index contributed by atoms with van der Waals surface area (Å²) >= 11 is 0. The summed E-state index contributed by atoms with van der Waals surface area (Å²) in [5.41, 5.74) is 11.1. The molecule has 1 unspecified atom stereocenters. The Labute approximate surface area is 119 Å². The number of carbonyl (C=O) groups is 1. The van der Waals surface area contributed by atoms with Crippen LogP contribution in [-0.4, -0.2) is 23.7 Å². The molecule has 5 nitrogen and oxygen atoms in total. The predicted octanol–water partition coefficient (Wildman–Crippen LogP) is 1.63. The fraction of sp³-hybridized carbons (Fsp3) is 0.400. The minimum atomic E-state index is -0.976. The molecule has 0 aromatic heterocycles. The molecule has 4 N–H and O–H groups in total. The maximum atomic E-state index is 10.7. The molecule has 1 aromatic rings. The SMILES string of the molecule is C=C(C)NOCCCc1ccc(CC(N)C(=O)O)cc1. The van der Waals surface area contributed by atoms with Gasteiger partial charge in [0.15, 0.2) is 0 Å². The van der Waals surface area contributed by atoms with Crippen LogP contribution in [-0.2, 0) is 22.5 Å². The van der Waals surface area contributed by atoms with Crippen LogP contribution in [0.3, 0.4) is 0 Å². The molecule has 0 amide bonds.